The summed E-state index contributed by atoms with van der Waals surface area (Å²) in [6, 6.07) is -0.974. The second-order valence-corrected chi connectivity index (χ2v) is 7.41. The molecule has 2 heterocycles. The van der Waals surface area contributed by atoms with Gasteiger partial charge in [0.1, 0.15) is 6.04 Å². The Morgan fingerprint density at radius 2 is 2.35 bits per heavy atom. The van der Waals surface area contributed by atoms with Crippen molar-refractivity contribution in [2.24, 2.45) is 0 Å². The first-order valence-corrected chi connectivity index (χ1v) is 8.62. The van der Waals surface area contributed by atoms with Crippen LogP contribution in [0.3, 0.4) is 0 Å². The number of carboxylic acid groups (broad SMARTS) is 1. The molecule has 0 aromatic carbocycles. The number of nitrogens with zero attached hydrogens (tertiary/aromatic N) is 2. The predicted molar refractivity (Wildman–Crippen MR) is 74.6 cm³/mol. The zero-order valence-electron chi connectivity index (χ0n) is 11.1. The van der Waals surface area contributed by atoms with Crippen LogP contribution in [0, 0.1) is 6.92 Å². The maximum atomic E-state index is 12.2. The Balaban J connectivity index is 2.06. The Morgan fingerprint density at radius 1 is 1.60 bits per heavy atom. The second kappa shape index (κ2) is 6.17. The molecule has 0 bridgehead atoms. The lowest BCUT2D eigenvalue weighted by Gasteiger charge is -2.31. The highest BCUT2D eigenvalue weighted by Crippen LogP contribution is 2.20. The lowest BCUT2D eigenvalue weighted by molar-refractivity contribution is -0.142. The van der Waals surface area contributed by atoms with Gasteiger partial charge in [-0.1, -0.05) is 0 Å². The zero-order chi connectivity index (χ0) is 14.8. The summed E-state index contributed by atoms with van der Waals surface area (Å²) < 4.78 is 27.9. The van der Waals surface area contributed by atoms with E-state index in [1.807, 2.05) is 6.92 Å². The van der Waals surface area contributed by atoms with Crippen LogP contribution in [0.25, 0.3) is 0 Å². The highest BCUT2D eigenvalue weighted by Gasteiger charge is 2.36. The highest BCUT2D eigenvalue weighted by molar-refractivity contribution is 7.87. The Hall–Kier alpha value is -1.03. The molecule has 1 aromatic rings. The Morgan fingerprint density at radius 3 is 2.95 bits per heavy atom. The van der Waals surface area contributed by atoms with E-state index in [2.05, 4.69) is 9.71 Å². The van der Waals surface area contributed by atoms with Crippen molar-refractivity contribution in [3.8, 4) is 0 Å². The number of piperidine rings is 1. The Bertz CT molecular complexity index is 584. The lowest BCUT2D eigenvalue weighted by atomic mass is 10.1. The number of rotatable bonds is 5. The molecule has 1 unspecified atom stereocenters. The minimum Gasteiger partial charge on any atom is -0.480 e. The number of carbonyl (C=O) groups is 1. The van der Waals surface area contributed by atoms with Crippen molar-refractivity contribution >= 4 is 27.5 Å². The molecular weight excluding hydrogens is 302 g/mol. The number of aliphatic carboxylic acids is 1. The highest BCUT2D eigenvalue weighted by atomic mass is 32.2. The van der Waals surface area contributed by atoms with Gasteiger partial charge in [-0.2, -0.15) is 17.4 Å². The van der Waals surface area contributed by atoms with Crippen LogP contribution in [-0.2, 0) is 21.5 Å². The summed E-state index contributed by atoms with van der Waals surface area (Å²) in [7, 11) is -3.80. The molecule has 2 N–H and O–H groups in total. The topological polar surface area (TPSA) is 99.6 Å². The molecular formula is C11H17N3O4S2. The first kappa shape index (κ1) is 15.4. The summed E-state index contributed by atoms with van der Waals surface area (Å²) in [6.07, 6.45) is 1.76. The molecule has 20 heavy (non-hydrogen) atoms. The molecule has 0 spiro atoms. The third kappa shape index (κ3) is 3.54. The molecule has 0 radical (unpaired) electrons. The van der Waals surface area contributed by atoms with Crippen LogP contribution in [0.4, 0.5) is 0 Å². The molecule has 1 aliphatic rings. The first-order valence-electron chi connectivity index (χ1n) is 6.30. The van der Waals surface area contributed by atoms with Gasteiger partial charge in [-0.3, -0.25) is 4.79 Å². The van der Waals surface area contributed by atoms with E-state index >= 15 is 0 Å². The number of aryl methyl sites for hydroxylation is 1. The molecule has 0 saturated carbocycles. The van der Waals surface area contributed by atoms with Crippen molar-refractivity contribution in [2.75, 3.05) is 6.54 Å². The fraction of sp³-hybridized carbons (Fsp3) is 0.636. The summed E-state index contributed by atoms with van der Waals surface area (Å²) in [4.78, 5) is 15.3. The molecule has 1 atom stereocenters. The third-order valence-corrected chi connectivity index (χ3v) is 5.54. The van der Waals surface area contributed by atoms with Gasteiger partial charge < -0.3 is 5.11 Å². The quantitative estimate of drug-likeness (QED) is 0.833. The van der Waals surface area contributed by atoms with Crippen LogP contribution >= 0.6 is 11.3 Å². The largest absolute Gasteiger partial charge is 0.480 e. The Labute approximate surface area is 121 Å². The van der Waals surface area contributed by atoms with Crippen molar-refractivity contribution in [3.05, 3.63) is 16.1 Å². The molecule has 1 aromatic heterocycles. The number of carboxylic acids is 1. The van der Waals surface area contributed by atoms with Crippen LogP contribution in [0.15, 0.2) is 5.38 Å². The van der Waals surface area contributed by atoms with Gasteiger partial charge in [-0.05, 0) is 26.2 Å². The van der Waals surface area contributed by atoms with Gasteiger partial charge in [-0.25, -0.2) is 4.98 Å². The zero-order valence-corrected chi connectivity index (χ0v) is 12.7. The molecule has 0 aliphatic carbocycles. The van der Waals surface area contributed by atoms with Crippen molar-refractivity contribution in [1.82, 2.24) is 14.0 Å². The first-order chi connectivity index (χ1) is 9.40. The molecule has 1 saturated heterocycles. The van der Waals surface area contributed by atoms with Gasteiger partial charge in [0.2, 0.25) is 0 Å². The van der Waals surface area contributed by atoms with Crippen molar-refractivity contribution in [1.29, 1.82) is 0 Å². The molecule has 1 fully saturated rings. The van der Waals surface area contributed by atoms with Crippen LogP contribution < -0.4 is 4.72 Å². The van der Waals surface area contributed by atoms with Crippen LogP contribution in [-0.4, -0.2) is 41.4 Å². The summed E-state index contributed by atoms with van der Waals surface area (Å²) in [5, 5.41) is 11.8. The summed E-state index contributed by atoms with van der Waals surface area (Å²) >= 11 is 1.44. The van der Waals surface area contributed by atoms with Gasteiger partial charge >= 0.3 is 5.97 Å². The van der Waals surface area contributed by atoms with Crippen LogP contribution in [0.1, 0.15) is 30.0 Å². The maximum absolute atomic E-state index is 12.2. The van der Waals surface area contributed by atoms with E-state index in [0.29, 0.717) is 18.5 Å². The van der Waals surface area contributed by atoms with E-state index in [1.165, 1.54) is 11.3 Å². The van der Waals surface area contributed by atoms with Crippen molar-refractivity contribution in [2.45, 2.75) is 38.8 Å². The monoisotopic (exact) mass is 319 g/mol. The van der Waals surface area contributed by atoms with Gasteiger partial charge in [0.25, 0.3) is 10.2 Å². The molecule has 2 rings (SSSR count). The number of hydrogen-bond acceptors (Lipinski definition) is 5. The number of thiazole rings is 1. The van der Waals surface area contributed by atoms with Gasteiger partial charge in [0.15, 0.2) is 0 Å². The average Bonchev–Trinajstić information content (AvgIpc) is 2.82. The Kier molecular flexibility index (Phi) is 4.74. The average molecular weight is 319 g/mol. The number of aromatic nitrogens is 1. The van der Waals surface area contributed by atoms with Gasteiger partial charge in [-0.15, -0.1) is 11.3 Å². The van der Waals surface area contributed by atoms with E-state index in [0.717, 1.165) is 15.7 Å². The van der Waals surface area contributed by atoms with E-state index in [-0.39, 0.29) is 13.1 Å². The minimum atomic E-state index is -3.80. The van der Waals surface area contributed by atoms with E-state index in [4.69, 9.17) is 5.11 Å². The smallest absolute Gasteiger partial charge is 0.322 e. The van der Waals surface area contributed by atoms with Crippen LogP contribution in [0.5, 0.6) is 0 Å². The van der Waals surface area contributed by atoms with Gasteiger partial charge in [0, 0.05) is 11.9 Å². The molecule has 9 heteroatoms. The lowest BCUT2D eigenvalue weighted by Crippen LogP contribution is -2.51. The van der Waals surface area contributed by atoms with E-state index in [1.54, 1.807) is 5.38 Å². The standard InChI is InChI=1S/C11H17N3O4S2/c1-8-13-9(7-19-8)6-12-20(17,18)14-5-3-2-4-10(14)11(15)16/h7,10,12H,2-6H2,1H3,(H,15,16). The molecule has 0 amide bonds. The van der Waals surface area contributed by atoms with Crippen molar-refractivity contribution in [3.63, 3.8) is 0 Å². The number of nitrogens with one attached hydrogen (secondary N) is 1. The minimum absolute atomic E-state index is 0.0789. The van der Waals surface area contributed by atoms with Crippen LogP contribution in [0.2, 0.25) is 0 Å². The maximum Gasteiger partial charge on any atom is 0.322 e. The second-order valence-electron chi connectivity index (χ2n) is 4.64. The molecule has 7 nitrogen and oxygen atoms in total. The summed E-state index contributed by atoms with van der Waals surface area (Å²) in [5.41, 5.74) is 0.639. The SMILES string of the molecule is Cc1nc(CNS(=O)(=O)N2CCCCC2C(=O)O)cs1. The fourth-order valence-corrected chi connectivity index (χ4v) is 4.19. The summed E-state index contributed by atoms with van der Waals surface area (Å²) in [6.45, 7) is 2.16. The molecule has 112 valence electrons. The third-order valence-electron chi connectivity index (χ3n) is 3.15. The summed E-state index contributed by atoms with van der Waals surface area (Å²) in [5.74, 6) is -1.10. The molecule has 1 aliphatic heterocycles. The number of hydrogen-bond donors (Lipinski definition) is 2. The van der Waals surface area contributed by atoms with E-state index < -0.39 is 22.2 Å². The fourth-order valence-electron chi connectivity index (χ4n) is 2.18. The van der Waals surface area contributed by atoms with Crippen molar-refractivity contribution < 1.29 is 18.3 Å². The van der Waals surface area contributed by atoms with Gasteiger partial charge in [0.05, 0.1) is 17.2 Å². The predicted octanol–water partition coefficient (Wildman–Crippen LogP) is 0.725. The van der Waals surface area contributed by atoms with E-state index in [9.17, 15) is 13.2 Å². The normalized spacial score (nSPS) is 20.9.